The molecule has 0 bridgehead atoms. The van der Waals surface area contributed by atoms with Crippen molar-refractivity contribution >= 4 is 34.2 Å². The first kappa shape index (κ1) is 18.8. The van der Waals surface area contributed by atoms with E-state index in [1.807, 2.05) is 30.3 Å². The summed E-state index contributed by atoms with van der Waals surface area (Å²) in [5.74, 6) is -0.818. The number of nitrogens with one attached hydrogen (secondary N) is 1. The fourth-order valence-electron chi connectivity index (χ4n) is 2.95. The first-order valence-corrected chi connectivity index (χ1v) is 9.90. The molecule has 0 saturated heterocycles. The number of thiazole rings is 1. The molecule has 0 spiro atoms. The molecule has 3 aromatic heterocycles. The van der Waals surface area contributed by atoms with Gasteiger partial charge in [0.15, 0.2) is 4.80 Å². The number of ether oxygens (including phenoxy) is 1. The van der Waals surface area contributed by atoms with Crippen molar-refractivity contribution in [1.82, 2.24) is 14.5 Å². The zero-order valence-corrected chi connectivity index (χ0v) is 16.5. The van der Waals surface area contributed by atoms with Crippen molar-refractivity contribution in [2.45, 2.75) is 13.5 Å². The fraction of sp³-hybridized carbons (Fsp3) is 0.143. The van der Waals surface area contributed by atoms with Crippen LogP contribution in [0.2, 0.25) is 0 Å². The summed E-state index contributed by atoms with van der Waals surface area (Å²) in [5.41, 5.74) is 2.11. The molecule has 0 atom stereocenters. The maximum atomic E-state index is 12.9. The molecule has 8 heteroatoms. The largest absolute Gasteiger partial charge is 0.462 e. The van der Waals surface area contributed by atoms with Crippen molar-refractivity contribution in [3.05, 3.63) is 81.9 Å². The van der Waals surface area contributed by atoms with Gasteiger partial charge in [-0.2, -0.15) is 4.99 Å². The number of carbonyl (C=O) groups excluding carboxylic acids is 2. The van der Waals surface area contributed by atoms with Crippen molar-refractivity contribution in [2.24, 2.45) is 4.99 Å². The second kappa shape index (κ2) is 8.24. The van der Waals surface area contributed by atoms with Crippen molar-refractivity contribution in [3.8, 4) is 0 Å². The molecule has 0 aliphatic heterocycles. The Morgan fingerprint density at radius 3 is 2.83 bits per heavy atom. The number of aromatic nitrogens is 3. The minimum Gasteiger partial charge on any atom is -0.462 e. The van der Waals surface area contributed by atoms with Crippen LogP contribution in [0.1, 0.15) is 32.5 Å². The Hall–Kier alpha value is -3.52. The number of amides is 1. The average Bonchev–Trinajstić information content (AvgIpc) is 3.36. The molecule has 4 rings (SSSR count). The van der Waals surface area contributed by atoms with Gasteiger partial charge in [0.05, 0.1) is 12.2 Å². The van der Waals surface area contributed by atoms with E-state index in [9.17, 15) is 9.59 Å². The van der Waals surface area contributed by atoms with Crippen molar-refractivity contribution in [3.63, 3.8) is 0 Å². The first-order chi connectivity index (χ1) is 14.2. The number of pyridine rings is 1. The van der Waals surface area contributed by atoms with Gasteiger partial charge in [-0.05, 0) is 24.6 Å². The van der Waals surface area contributed by atoms with Gasteiger partial charge in [-0.3, -0.25) is 4.79 Å². The second-order valence-corrected chi connectivity index (χ2v) is 7.24. The third kappa shape index (κ3) is 4.02. The molecule has 0 fully saturated rings. The zero-order valence-electron chi connectivity index (χ0n) is 15.7. The number of rotatable bonds is 5. The Balaban J connectivity index is 1.77. The van der Waals surface area contributed by atoms with E-state index in [1.54, 1.807) is 42.2 Å². The first-order valence-electron chi connectivity index (χ1n) is 9.08. The lowest BCUT2D eigenvalue weighted by atomic mass is 10.2. The zero-order chi connectivity index (χ0) is 20.2. The van der Waals surface area contributed by atoms with Crippen molar-refractivity contribution in [2.75, 3.05) is 6.61 Å². The molecule has 1 aromatic carbocycles. The number of aromatic amines is 1. The van der Waals surface area contributed by atoms with Crippen LogP contribution in [-0.2, 0) is 11.3 Å². The maximum absolute atomic E-state index is 12.9. The molecule has 0 aliphatic rings. The van der Waals surface area contributed by atoms with Crippen LogP contribution >= 0.6 is 11.3 Å². The number of hydrogen-bond acceptors (Lipinski definition) is 5. The third-order valence-electron chi connectivity index (χ3n) is 4.28. The fourth-order valence-corrected chi connectivity index (χ4v) is 3.83. The maximum Gasteiger partial charge on any atom is 0.349 e. The van der Waals surface area contributed by atoms with Gasteiger partial charge in [0.1, 0.15) is 10.5 Å². The molecule has 29 heavy (non-hydrogen) atoms. The quantitative estimate of drug-likeness (QED) is 0.515. The predicted molar refractivity (Wildman–Crippen MR) is 110 cm³/mol. The summed E-state index contributed by atoms with van der Waals surface area (Å²) in [6, 6.07) is 13.2. The number of H-pyrrole nitrogens is 1. The molecule has 4 aromatic rings. The van der Waals surface area contributed by atoms with Gasteiger partial charge >= 0.3 is 5.97 Å². The van der Waals surface area contributed by atoms with Gasteiger partial charge in [-0.15, -0.1) is 0 Å². The Labute approximate surface area is 170 Å². The second-order valence-electron chi connectivity index (χ2n) is 6.23. The molecule has 1 N–H and O–H groups in total. The average molecular weight is 406 g/mol. The SMILES string of the molecule is CCOC(=O)c1cn(Cc2ccccc2)c(=NC(=O)c2ccnc3[nH]ccc23)s1. The van der Waals surface area contributed by atoms with Gasteiger partial charge < -0.3 is 14.3 Å². The van der Waals surface area contributed by atoms with E-state index in [0.29, 0.717) is 32.8 Å². The van der Waals surface area contributed by atoms with E-state index in [2.05, 4.69) is 15.0 Å². The van der Waals surface area contributed by atoms with Crippen LogP contribution in [0.25, 0.3) is 11.0 Å². The highest BCUT2D eigenvalue weighted by Gasteiger charge is 2.15. The Morgan fingerprint density at radius 2 is 2.03 bits per heavy atom. The number of esters is 1. The lowest BCUT2D eigenvalue weighted by Crippen LogP contribution is -2.17. The van der Waals surface area contributed by atoms with Gasteiger partial charge in [0.25, 0.3) is 5.91 Å². The van der Waals surface area contributed by atoms with Crippen molar-refractivity contribution < 1.29 is 14.3 Å². The summed E-state index contributed by atoms with van der Waals surface area (Å²) in [6.45, 7) is 2.52. The van der Waals surface area contributed by atoms with E-state index in [-0.39, 0.29) is 6.61 Å². The van der Waals surface area contributed by atoms with Gasteiger partial charge in [0.2, 0.25) is 0 Å². The Bertz CT molecular complexity index is 1240. The van der Waals surface area contributed by atoms with E-state index in [4.69, 9.17) is 4.74 Å². The molecular formula is C21H18N4O3S. The van der Waals surface area contributed by atoms with Crippen LogP contribution < -0.4 is 4.80 Å². The number of benzene rings is 1. The van der Waals surface area contributed by atoms with Crippen LogP contribution in [0.15, 0.2) is 66.0 Å². The van der Waals surface area contributed by atoms with Crippen LogP contribution in [0.5, 0.6) is 0 Å². The van der Waals surface area contributed by atoms with Gasteiger partial charge in [0, 0.05) is 30.5 Å². The summed E-state index contributed by atoms with van der Waals surface area (Å²) in [6.07, 6.45) is 4.98. The Morgan fingerprint density at radius 1 is 1.21 bits per heavy atom. The monoisotopic (exact) mass is 406 g/mol. The molecule has 7 nitrogen and oxygen atoms in total. The van der Waals surface area contributed by atoms with E-state index >= 15 is 0 Å². The van der Waals surface area contributed by atoms with Crippen LogP contribution in [-0.4, -0.2) is 33.0 Å². The summed E-state index contributed by atoms with van der Waals surface area (Å²) in [4.78, 5) is 37.4. The molecular weight excluding hydrogens is 388 g/mol. The summed E-state index contributed by atoms with van der Waals surface area (Å²) >= 11 is 1.13. The minimum absolute atomic E-state index is 0.281. The molecule has 0 saturated carbocycles. The highest BCUT2D eigenvalue weighted by Crippen LogP contribution is 2.16. The van der Waals surface area contributed by atoms with Crippen molar-refractivity contribution in [1.29, 1.82) is 0 Å². The molecule has 0 radical (unpaired) electrons. The summed E-state index contributed by atoms with van der Waals surface area (Å²) in [7, 11) is 0. The molecule has 3 heterocycles. The highest BCUT2D eigenvalue weighted by molar-refractivity contribution is 7.11. The van der Waals surface area contributed by atoms with E-state index < -0.39 is 11.9 Å². The standard InChI is InChI=1S/C21H18N4O3S/c1-2-28-20(27)17-13-25(12-14-6-4-3-5-7-14)21(29-17)24-19(26)16-9-11-23-18-15(16)8-10-22-18/h3-11,13H,2,12H2,1H3,(H,22,23). The topological polar surface area (TPSA) is 89.3 Å². The lowest BCUT2D eigenvalue weighted by Gasteiger charge is -2.03. The number of carbonyl (C=O) groups is 2. The highest BCUT2D eigenvalue weighted by atomic mass is 32.1. The van der Waals surface area contributed by atoms with E-state index in [1.165, 1.54) is 0 Å². The molecule has 1 amide bonds. The summed E-state index contributed by atoms with van der Waals surface area (Å²) < 4.78 is 6.89. The summed E-state index contributed by atoms with van der Waals surface area (Å²) in [5, 5.41) is 0.707. The molecule has 0 aliphatic carbocycles. The molecule has 146 valence electrons. The third-order valence-corrected chi connectivity index (χ3v) is 5.28. The Kier molecular flexibility index (Phi) is 5.35. The van der Waals surface area contributed by atoms with Gasteiger partial charge in [-0.1, -0.05) is 41.7 Å². The van der Waals surface area contributed by atoms with Crippen LogP contribution in [0.3, 0.4) is 0 Å². The predicted octanol–water partition coefficient (Wildman–Crippen LogP) is 3.39. The minimum atomic E-state index is -0.426. The normalized spacial score (nSPS) is 11.7. The number of nitrogens with zero attached hydrogens (tertiary/aromatic N) is 3. The molecule has 0 unspecified atom stereocenters. The van der Waals surface area contributed by atoms with Crippen LogP contribution in [0, 0.1) is 0 Å². The lowest BCUT2D eigenvalue weighted by molar-refractivity contribution is 0.0531. The number of hydrogen-bond donors (Lipinski definition) is 1. The smallest absolute Gasteiger partial charge is 0.349 e. The van der Waals surface area contributed by atoms with E-state index in [0.717, 1.165) is 16.9 Å². The number of fused-ring (bicyclic) bond motifs is 1. The van der Waals surface area contributed by atoms with Gasteiger partial charge in [-0.25, -0.2) is 9.78 Å². The van der Waals surface area contributed by atoms with Crippen LogP contribution in [0.4, 0.5) is 0 Å².